The van der Waals surface area contributed by atoms with Crippen LogP contribution < -0.4 is 4.65 Å². The first-order valence-corrected chi connectivity index (χ1v) is 3.42. The van der Waals surface area contributed by atoms with Gasteiger partial charge in [-0.1, -0.05) is 6.07 Å². The Labute approximate surface area is 70.2 Å². The van der Waals surface area contributed by atoms with Crippen molar-refractivity contribution >= 4 is 7.32 Å². The summed E-state index contributed by atoms with van der Waals surface area (Å²) >= 11 is 0. The van der Waals surface area contributed by atoms with Gasteiger partial charge in [0.05, 0.1) is 0 Å². The lowest BCUT2D eigenvalue weighted by atomic mass is 10.2. The summed E-state index contributed by atoms with van der Waals surface area (Å²) in [5, 5.41) is 26.0. The van der Waals surface area contributed by atoms with E-state index >= 15 is 0 Å². The smallest absolute Gasteiger partial charge is 0.509 e. The molecule has 0 spiro atoms. The van der Waals surface area contributed by atoms with E-state index in [4.69, 9.17) is 15.2 Å². The van der Waals surface area contributed by atoms with E-state index in [2.05, 4.69) is 4.65 Å². The molecule has 0 aliphatic heterocycles. The van der Waals surface area contributed by atoms with Gasteiger partial charge in [0.25, 0.3) is 0 Å². The molecule has 1 aromatic rings. The molecule has 0 saturated carbocycles. The van der Waals surface area contributed by atoms with Crippen molar-refractivity contribution in [1.29, 1.82) is 0 Å². The van der Waals surface area contributed by atoms with Crippen LogP contribution in [-0.4, -0.2) is 22.5 Å². The van der Waals surface area contributed by atoms with E-state index in [1.807, 2.05) is 0 Å². The Morgan fingerprint density at radius 1 is 1.33 bits per heavy atom. The van der Waals surface area contributed by atoms with Gasteiger partial charge in [0.15, 0.2) is 5.75 Å². The van der Waals surface area contributed by atoms with Crippen molar-refractivity contribution in [2.75, 3.05) is 0 Å². The summed E-state index contributed by atoms with van der Waals surface area (Å²) in [6, 6.07) is 4.62. The molecule has 0 aromatic heterocycles. The fourth-order valence-corrected chi connectivity index (χ4v) is 0.829. The Bertz CT molecular complexity index is 274. The first-order chi connectivity index (χ1) is 5.59. The lowest BCUT2D eigenvalue weighted by molar-refractivity contribution is 0.281. The Morgan fingerprint density at radius 3 is 2.58 bits per heavy atom. The standard InChI is InChI=1S/C7H9BO4/c1-5-2-3-6(9)7(4-5)12-8(10)11/h2-4,9-11H,1H3. The van der Waals surface area contributed by atoms with Crippen LogP contribution in [0.3, 0.4) is 0 Å². The predicted octanol–water partition coefficient (Wildman–Crippen LogP) is 0.0489. The average Bonchev–Trinajstić information content (AvgIpc) is 1.96. The first-order valence-electron chi connectivity index (χ1n) is 3.42. The molecular formula is C7H9BO4. The van der Waals surface area contributed by atoms with Crippen LogP contribution in [0.15, 0.2) is 18.2 Å². The maximum atomic E-state index is 9.14. The van der Waals surface area contributed by atoms with Gasteiger partial charge in [-0.2, -0.15) is 0 Å². The summed E-state index contributed by atoms with van der Waals surface area (Å²) in [4.78, 5) is 0. The molecule has 1 rings (SSSR count). The Morgan fingerprint density at radius 2 is 2.00 bits per heavy atom. The Balaban J connectivity index is 2.90. The number of hydrogen-bond acceptors (Lipinski definition) is 4. The zero-order valence-corrected chi connectivity index (χ0v) is 6.56. The molecule has 0 saturated heterocycles. The van der Waals surface area contributed by atoms with E-state index in [9.17, 15) is 0 Å². The fraction of sp³-hybridized carbons (Fsp3) is 0.143. The van der Waals surface area contributed by atoms with Crippen LogP contribution >= 0.6 is 0 Å². The normalized spacial score (nSPS) is 9.58. The minimum atomic E-state index is -1.90. The molecule has 0 aliphatic rings. The van der Waals surface area contributed by atoms with Gasteiger partial charge in [0, 0.05) is 0 Å². The zero-order chi connectivity index (χ0) is 9.14. The van der Waals surface area contributed by atoms with Gasteiger partial charge in [-0.3, -0.25) is 0 Å². The van der Waals surface area contributed by atoms with Crippen LogP contribution in [0.2, 0.25) is 0 Å². The van der Waals surface area contributed by atoms with Crippen molar-refractivity contribution in [3.8, 4) is 11.5 Å². The highest BCUT2D eigenvalue weighted by atomic mass is 16.6. The molecule has 12 heavy (non-hydrogen) atoms. The van der Waals surface area contributed by atoms with Gasteiger partial charge in [-0.15, -0.1) is 0 Å². The summed E-state index contributed by atoms with van der Waals surface area (Å²) in [7, 11) is -1.90. The molecular weight excluding hydrogens is 159 g/mol. The molecule has 1 aromatic carbocycles. The van der Waals surface area contributed by atoms with Crippen molar-refractivity contribution in [1.82, 2.24) is 0 Å². The predicted molar refractivity (Wildman–Crippen MR) is 43.7 cm³/mol. The second kappa shape index (κ2) is 3.47. The highest BCUT2D eigenvalue weighted by Gasteiger charge is 2.13. The number of benzene rings is 1. The molecule has 0 atom stereocenters. The largest absolute Gasteiger partial charge is 0.707 e. The molecule has 0 fully saturated rings. The third-order valence-corrected chi connectivity index (χ3v) is 1.35. The lowest BCUT2D eigenvalue weighted by Crippen LogP contribution is -2.20. The van der Waals surface area contributed by atoms with E-state index in [1.165, 1.54) is 12.1 Å². The SMILES string of the molecule is Cc1ccc(O)c(OB(O)O)c1. The van der Waals surface area contributed by atoms with Crippen LogP contribution in [0.4, 0.5) is 0 Å². The van der Waals surface area contributed by atoms with Crippen molar-refractivity contribution in [3.05, 3.63) is 23.8 Å². The second-order valence-electron chi connectivity index (χ2n) is 2.42. The van der Waals surface area contributed by atoms with E-state index in [0.29, 0.717) is 0 Å². The van der Waals surface area contributed by atoms with Crippen molar-refractivity contribution < 1.29 is 19.8 Å². The number of phenols is 1. The third kappa shape index (κ3) is 2.15. The highest BCUT2D eigenvalue weighted by Crippen LogP contribution is 2.26. The number of hydrogen-bond donors (Lipinski definition) is 3. The molecule has 0 aliphatic carbocycles. The number of phenolic OH excluding ortho intramolecular Hbond substituents is 1. The molecule has 0 bridgehead atoms. The number of aryl methyl sites for hydroxylation is 1. The quantitative estimate of drug-likeness (QED) is 0.545. The maximum Gasteiger partial charge on any atom is 0.707 e. The molecule has 0 heterocycles. The van der Waals surface area contributed by atoms with Gasteiger partial charge in [0.2, 0.25) is 0 Å². The van der Waals surface area contributed by atoms with Crippen LogP contribution in [0.1, 0.15) is 5.56 Å². The Kier molecular flexibility index (Phi) is 2.57. The fourth-order valence-electron chi connectivity index (χ4n) is 0.829. The molecule has 0 amide bonds. The van der Waals surface area contributed by atoms with Crippen molar-refractivity contribution in [3.63, 3.8) is 0 Å². The average molecular weight is 168 g/mol. The van der Waals surface area contributed by atoms with Crippen LogP contribution in [0.25, 0.3) is 0 Å². The topological polar surface area (TPSA) is 69.9 Å². The molecule has 0 unspecified atom stereocenters. The monoisotopic (exact) mass is 168 g/mol. The summed E-state index contributed by atoms with van der Waals surface area (Å²) in [5.41, 5.74) is 0.864. The summed E-state index contributed by atoms with van der Waals surface area (Å²) in [6.07, 6.45) is 0. The van der Waals surface area contributed by atoms with Crippen molar-refractivity contribution in [2.24, 2.45) is 0 Å². The molecule has 3 N–H and O–H groups in total. The third-order valence-electron chi connectivity index (χ3n) is 1.35. The van der Waals surface area contributed by atoms with E-state index in [0.717, 1.165) is 5.56 Å². The zero-order valence-electron chi connectivity index (χ0n) is 6.56. The maximum absolute atomic E-state index is 9.14. The molecule has 5 heteroatoms. The lowest BCUT2D eigenvalue weighted by Gasteiger charge is -2.06. The van der Waals surface area contributed by atoms with Crippen LogP contribution in [-0.2, 0) is 0 Å². The van der Waals surface area contributed by atoms with E-state index in [-0.39, 0.29) is 11.5 Å². The van der Waals surface area contributed by atoms with Crippen LogP contribution in [0.5, 0.6) is 11.5 Å². The van der Waals surface area contributed by atoms with Gasteiger partial charge in [-0.05, 0) is 24.6 Å². The van der Waals surface area contributed by atoms with Gasteiger partial charge >= 0.3 is 7.32 Å². The van der Waals surface area contributed by atoms with Gasteiger partial charge < -0.3 is 19.8 Å². The molecule has 64 valence electrons. The molecule has 0 radical (unpaired) electrons. The Hall–Kier alpha value is -1.20. The minimum absolute atomic E-state index is 0.0602. The number of aromatic hydroxyl groups is 1. The second-order valence-corrected chi connectivity index (χ2v) is 2.42. The minimum Gasteiger partial charge on any atom is -0.509 e. The summed E-state index contributed by atoms with van der Waals surface area (Å²) < 4.78 is 4.49. The van der Waals surface area contributed by atoms with Crippen molar-refractivity contribution in [2.45, 2.75) is 6.92 Å². The van der Waals surface area contributed by atoms with Gasteiger partial charge in [0.1, 0.15) is 5.75 Å². The van der Waals surface area contributed by atoms with E-state index < -0.39 is 7.32 Å². The first kappa shape index (κ1) is 8.90. The summed E-state index contributed by atoms with van der Waals surface area (Å²) in [5.74, 6) is -0.0568. The number of rotatable bonds is 2. The molecule has 4 nitrogen and oxygen atoms in total. The van der Waals surface area contributed by atoms with Crippen LogP contribution in [0, 0.1) is 6.92 Å². The van der Waals surface area contributed by atoms with Gasteiger partial charge in [-0.25, -0.2) is 0 Å². The van der Waals surface area contributed by atoms with E-state index in [1.54, 1.807) is 13.0 Å². The summed E-state index contributed by atoms with van der Waals surface area (Å²) in [6.45, 7) is 1.80. The highest BCUT2D eigenvalue weighted by molar-refractivity contribution is 6.33.